The van der Waals surface area contributed by atoms with Gasteiger partial charge in [-0.1, -0.05) is 0 Å². The monoisotopic (exact) mass is 236 g/mol. The second kappa shape index (κ2) is 13.9. The zero-order valence-corrected chi connectivity index (χ0v) is 10.3. The average molecular weight is 236 g/mol. The van der Waals surface area contributed by atoms with E-state index in [2.05, 4.69) is 18.9 Å². The highest BCUT2D eigenvalue weighted by atomic mass is 16.6. The Morgan fingerprint density at radius 2 is 1.06 bits per heavy atom. The molecule has 0 atom stereocenters. The smallest absolute Gasteiger partial charge is 0.302 e. The number of methoxy groups -OCH3 is 2. The number of hydrogen-bond donors (Lipinski definition) is 0. The van der Waals surface area contributed by atoms with E-state index in [-0.39, 0.29) is 11.9 Å². The lowest BCUT2D eigenvalue weighted by molar-refractivity contribution is -0.143. The van der Waals surface area contributed by atoms with E-state index in [4.69, 9.17) is 0 Å². The van der Waals surface area contributed by atoms with E-state index in [1.54, 1.807) is 14.2 Å². The van der Waals surface area contributed by atoms with Crippen LogP contribution in [0, 0.1) is 0 Å². The largest absolute Gasteiger partial charge is 0.463 e. The van der Waals surface area contributed by atoms with E-state index in [1.807, 2.05) is 0 Å². The van der Waals surface area contributed by atoms with Crippen LogP contribution in [0.3, 0.4) is 0 Å². The van der Waals surface area contributed by atoms with Gasteiger partial charge in [0.1, 0.15) is 13.2 Å². The lowest BCUT2D eigenvalue weighted by Gasteiger charge is -1.97. The van der Waals surface area contributed by atoms with Gasteiger partial charge in [-0.15, -0.1) is 0 Å². The fraction of sp³-hybridized carbons (Fsp3) is 0.800. The molecule has 0 rings (SSSR count). The van der Waals surface area contributed by atoms with Crippen molar-refractivity contribution in [2.24, 2.45) is 0 Å². The summed E-state index contributed by atoms with van der Waals surface area (Å²) in [7, 11) is 3.12. The molecular formula is C10H20O6. The molecule has 0 aromatic rings. The van der Waals surface area contributed by atoms with Crippen molar-refractivity contribution >= 4 is 11.9 Å². The summed E-state index contributed by atoms with van der Waals surface area (Å²) in [4.78, 5) is 20.1. The van der Waals surface area contributed by atoms with Crippen molar-refractivity contribution in [3.63, 3.8) is 0 Å². The van der Waals surface area contributed by atoms with E-state index in [9.17, 15) is 9.59 Å². The summed E-state index contributed by atoms with van der Waals surface area (Å²) < 4.78 is 18.3. The summed E-state index contributed by atoms with van der Waals surface area (Å²) in [5.74, 6) is -0.524. The molecule has 6 nitrogen and oxygen atoms in total. The van der Waals surface area contributed by atoms with Crippen LogP contribution in [-0.4, -0.2) is 52.6 Å². The zero-order chi connectivity index (χ0) is 12.8. The molecule has 0 saturated heterocycles. The SMILES string of the molecule is COCCOC(C)=O.COCCOC(C)=O. The Bertz CT molecular complexity index is 160. The second-order valence-electron chi connectivity index (χ2n) is 2.67. The topological polar surface area (TPSA) is 71.1 Å². The minimum Gasteiger partial charge on any atom is -0.463 e. The molecule has 0 saturated carbocycles. The van der Waals surface area contributed by atoms with Crippen molar-refractivity contribution in [2.45, 2.75) is 13.8 Å². The van der Waals surface area contributed by atoms with Crippen LogP contribution in [0.15, 0.2) is 0 Å². The molecule has 0 fully saturated rings. The molecule has 0 unspecified atom stereocenters. The van der Waals surface area contributed by atoms with E-state index in [1.165, 1.54) is 13.8 Å². The standard InChI is InChI=1S/2C5H10O3/c2*1-5(6)8-4-3-7-2/h2*3-4H2,1-2H3. The summed E-state index contributed by atoms with van der Waals surface area (Å²) in [6, 6.07) is 0. The highest BCUT2D eigenvalue weighted by Crippen LogP contribution is 1.75. The summed E-state index contributed by atoms with van der Waals surface area (Å²) >= 11 is 0. The van der Waals surface area contributed by atoms with Crippen LogP contribution >= 0.6 is 0 Å². The number of esters is 2. The van der Waals surface area contributed by atoms with Gasteiger partial charge < -0.3 is 18.9 Å². The summed E-state index contributed by atoms with van der Waals surface area (Å²) in [6.45, 7) is 4.39. The molecule has 0 aliphatic rings. The number of carbonyl (C=O) groups is 2. The average Bonchev–Trinajstić information content (AvgIpc) is 2.18. The molecule has 6 heteroatoms. The predicted octanol–water partition coefficient (Wildman–Crippen LogP) is 0.392. The van der Waals surface area contributed by atoms with Gasteiger partial charge in [0.15, 0.2) is 0 Å². The molecule has 0 aliphatic carbocycles. The van der Waals surface area contributed by atoms with Crippen LogP contribution in [-0.2, 0) is 28.5 Å². The Morgan fingerprint density at radius 3 is 1.25 bits per heavy atom. The minimum atomic E-state index is -0.262. The fourth-order valence-corrected chi connectivity index (χ4v) is 0.537. The maximum atomic E-state index is 10.0. The highest BCUT2D eigenvalue weighted by molar-refractivity contribution is 5.66. The van der Waals surface area contributed by atoms with Crippen molar-refractivity contribution in [3.8, 4) is 0 Å². The minimum absolute atomic E-state index is 0.262. The molecule has 0 aromatic heterocycles. The Balaban J connectivity index is 0. The molecule has 0 aliphatic heterocycles. The van der Waals surface area contributed by atoms with Crippen LogP contribution < -0.4 is 0 Å². The molecule has 0 spiro atoms. The summed E-state index contributed by atoms with van der Waals surface area (Å²) in [5, 5.41) is 0. The Hall–Kier alpha value is -1.14. The Labute approximate surface area is 95.8 Å². The first kappa shape index (κ1) is 17.3. The molecule has 0 N–H and O–H groups in total. The molecule has 0 radical (unpaired) electrons. The van der Waals surface area contributed by atoms with Gasteiger partial charge in [-0.05, 0) is 0 Å². The van der Waals surface area contributed by atoms with Gasteiger partial charge in [-0.3, -0.25) is 9.59 Å². The van der Waals surface area contributed by atoms with Crippen molar-refractivity contribution in [2.75, 3.05) is 40.6 Å². The predicted molar refractivity (Wildman–Crippen MR) is 57.0 cm³/mol. The van der Waals surface area contributed by atoms with E-state index >= 15 is 0 Å². The van der Waals surface area contributed by atoms with Crippen molar-refractivity contribution in [3.05, 3.63) is 0 Å². The third-order valence-electron chi connectivity index (χ3n) is 1.19. The molecule has 0 aromatic carbocycles. The summed E-state index contributed by atoms with van der Waals surface area (Å²) in [6.07, 6.45) is 0. The zero-order valence-electron chi connectivity index (χ0n) is 10.3. The lowest BCUT2D eigenvalue weighted by Crippen LogP contribution is -2.05. The molecule has 96 valence electrons. The van der Waals surface area contributed by atoms with Gasteiger partial charge in [0.25, 0.3) is 0 Å². The van der Waals surface area contributed by atoms with E-state index in [0.29, 0.717) is 26.4 Å². The number of carbonyl (C=O) groups excluding carboxylic acids is 2. The van der Waals surface area contributed by atoms with Gasteiger partial charge in [-0.2, -0.15) is 0 Å². The first-order chi connectivity index (χ1) is 7.54. The number of rotatable bonds is 6. The third-order valence-corrected chi connectivity index (χ3v) is 1.19. The van der Waals surface area contributed by atoms with Gasteiger partial charge in [0.05, 0.1) is 13.2 Å². The van der Waals surface area contributed by atoms with Gasteiger partial charge in [-0.25, -0.2) is 0 Å². The number of ether oxygens (including phenoxy) is 4. The molecule has 0 amide bonds. The van der Waals surface area contributed by atoms with Gasteiger partial charge >= 0.3 is 11.9 Å². The first-order valence-corrected chi connectivity index (χ1v) is 4.79. The first-order valence-electron chi connectivity index (χ1n) is 4.79. The van der Waals surface area contributed by atoms with Crippen LogP contribution in [0.5, 0.6) is 0 Å². The Morgan fingerprint density at radius 1 is 0.750 bits per heavy atom. The Kier molecular flexibility index (Phi) is 15.0. The maximum Gasteiger partial charge on any atom is 0.302 e. The van der Waals surface area contributed by atoms with Crippen LogP contribution in [0.2, 0.25) is 0 Å². The highest BCUT2D eigenvalue weighted by Gasteiger charge is 1.88. The molecule has 16 heavy (non-hydrogen) atoms. The molecular weight excluding hydrogens is 216 g/mol. The quantitative estimate of drug-likeness (QED) is 0.491. The third kappa shape index (κ3) is 23.0. The van der Waals surface area contributed by atoms with E-state index in [0.717, 1.165) is 0 Å². The maximum absolute atomic E-state index is 10.0. The second-order valence-corrected chi connectivity index (χ2v) is 2.67. The van der Waals surface area contributed by atoms with Crippen LogP contribution in [0.1, 0.15) is 13.8 Å². The van der Waals surface area contributed by atoms with Crippen LogP contribution in [0.4, 0.5) is 0 Å². The molecule has 0 bridgehead atoms. The van der Waals surface area contributed by atoms with Gasteiger partial charge in [0, 0.05) is 28.1 Å². The summed E-state index contributed by atoms with van der Waals surface area (Å²) in [5.41, 5.74) is 0. The van der Waals surface area contributed by atoms with Crippen molar-refractivity contribution in [1.82, 2.24) is 0 Å². The number of hydrogen-bond acceptors (Lipinski definition) is 6. The van der Waals surface area contributed by atoms with Crippen molar-refractivity contribution in [1.29, 1.82) is 0 Å². The normalized spacial score (nSPS) is 8.75. The van der Waals surface area contributed by atoms with Crippen molar-refractivity contribution < 1.29 is 28.5 Å². The lowest BCUT2D eigenvalue weighted by atomic mass is 10.7. The van der Waals surface area contributed by atoms with Gasteiger partial charge in [0.2, 0.25) is 0 Å². The van der Waals surface area contributed by atoms with Crippen LogP contribution in [0.25, 0.3) is 0 Å². The molecule has 0 heterocycles. The van der Waals surface area contributed by atoms with E-state index < -0.39 is 0 Å². The fourth-order valence-electron chi connectivity index (χ4n) is 0.537.